The molecule has 0 unspecified atom stereocenters. The summed E-state index contributed by atoms with van der Waals surface area (Å²) < 4.78 is 0. The van der Waals surface area contributed by atoms with E-state index in [2.05, 4.69) is 9.97 Å². The molecule has 1 aliphatic rings. The Bertz CT molecular complexity index is 1070. The summed E-state index contributed by atoms with van der Waals surface area (Å²) in [5.41, 5.74) is 8.77. The topological polar surface area (TPSA) is 89.2 Å². The quantitative estimate of drug-likeness (QED) is 0.741. The molecular weight excluding hydrogens is 376 g/mol. The third kappa shape index (κ3) is 3.34. The SMILES string of the molecule is NC(=O)c1nc2c(c(-c3ccccc3Cl)n1)CN(C(=O)c1ccccc1)CC2. The van der Waals surface area contributed by atoms with Crippen LogP contribution in [0, 0.1) is 0 Å². The van der Waals surface area contributed by atoms with Crippen molar-refractivity contribution >= 4 is 23.4 Å². The van der Waals surface area contributed by atoms with Crippen LogP contribution in [0.4, 0.5) is 0 Å². The van der Waals surface area contributed by atoms with Gasteiger partial charge in [-0.25, -0.2) is 9.97 Å². The zero-order chi connectivity index (χ0) is 19.7. The number of hydrogen-bond acceptors (Lipinski definition) is 4. The number of benzene rings is 2. The molecule has 2 N–H and O–H groups in total. The first-order valence-corrected chi connectivity index (χ1v) is 9.21. The summed E-state index contributed by atoms with van der Waals surface area (Å²) in [6.45, 7) is 0.834. The zero-order valence-electron chi connectivity index (χ0n) is 14.9. The predicted octanol–water partition coefficient (Wildman–Crippen LogP) is 3.09. The minimum absolute atomic E-state index is 0.0449. The lowest BCUT2D eigenvalue weighted by molar-refractivity contribution is 0.0732. The molecule has 0 saturated carbocycles. The van der Waals surface area contributed by atoms with Crippen molar-refractivity contribution in [2.24, 2.45) is 5.73 Å². The first-order valence-electron chi connectivity index (χ1n) is 8.83. The van der Waals surface area contributed by atoms with Crippen molar-refractivity contribution in [3.8, 4) is 11.3 Å². The lowest BCUT2D eigenvalue weighted by Crippen LogP contribution is -2.37. The number of carbonyl (C=O) groups is 2. The van der Waals surface area contributed by atoms with Crippen LogP contribution in [0.3, 0.4) is 0 Å². The molecule has 0 spiro atoms. The van der Waals surface area contributed by atoms with Crippen molar-refractivity contribution in [2.45, 2.75) is 13.0 Å². The van der Waals surface area contributed by atoms with Gasteiger partial charge in [-0.15, -0.1) is 0 Å². The van der Waals surface area contributed by atoms with E-state index in [1.165, 1.54) is 0 Å². The fourth-order valence-electron chi connectivity index (χ4n) is 3.34. The van der Waals surface area contributed by atoms with Gasteiger partial charge in [-0.3, -0.25) is 9.59 Å². The molecule has 4 rings (SSSR count). The molecule has 7 heteroatoms. The van der Waals surface area contributed by atoms with Crippen molar-refractivity contribution in [1.29, 1.82) is 0 Å². The summed E-state index contributed by atoms with van der Waals surface area (Å²) in [4.78, 5) is 35.1. The lowest BCUT2D eigenvalue weighted by Gasteiger charge is -2.30. The second-order valence-corrected chi connectivity index (χ2v) is 6.92. The molecule has 3 aromatic rings. The molecule has 0 atom stereocenters. The number of amides is 2. The summed E-state index contributed by atoms with van der Waals surface area (Å²) in [5, 5.41) is 0.505. The number of carbonyl (C=O) groups excluding carboxylic acids is 2. The number of aromatic nitrogens is 2. The first kappa shape index (κ1) is 18.1. The number of nitrogens with two attached hydrogens (primary N) is 1. The average molecular weight is 393 g/mol. The molecule has 2 amide bonds. The van der Waals surface area contributed by atoms with Crippen LogP contribution < -0.4 is 5.73 Å². The smallest absolute Gasteiger partial charge is 0.286 e. The van der Waals surface area contributed by atoms with Gasteiger partial charge in [0, 0.05) is 41.2 Å². The summed E-state index contributed by atoms with van der Waals surface area (Å²) in [6, 6.07) is 16.4. The van der Waals surface area contributed by atoms with Gasteiger partial charge in [0.25, 0.3) is 11.8 Å². The molecule has 0 saturated heterocycles. The molecule has 2 aromatic carbocycles. The van der Waals surface area contributed by atoms with Crippen molar-refractivity contribution in [3.05, 3.63) is 82.3 Å². The van der Waals surface area contributed by atoms with Crippen LogP contribution in [0.5, 0.6) is 0 Å². The predicted molar refractivity (Wildman–Crippen MR) is 106 cm³/mol. The Morgan fingerprint density at radius 1 is 1.00 bits per heavy atom. The number of halogens is 1. The van der Waals surface area contributed by atoms with Crippen molar-refractivity contribution < 1.29 is 9.59 Å². The molecule has 0 fully saturated rings. The second-order valence-electron chi connectivity index (χ2n) is 6.51. The maximum absolute atomic E-state index is 12.9. The fraction of sp³-hybridized carbons (Fsp3) is 0.143. The lowest BCUT2D eigenvalue weighted by atomic mass is 9.98. The molecule has 1 aliphatic heterocycles. The van der Waals surface area contributed by atoms with Gasteiger partial charge in [0.1, 0.15) is 0 Å². The van der Waals surface area contributed by atoms with Gasteiger partial charge in [-0.2, -0.15) is 0 Å². The van der Waals surface area contributed by atoms with E-state index in [0.717, 1.165) is 11.3 Å². The normalized spacial score (nSPS) is 13.1. The number of fused-ring (bicyclic) bond motifs is 1. The Balaban J connectivity index is 1.79. The van der Waals surface area contributed by atoms with E-state index >= 15 is 0 Å². The van der Waals surface area contributed by atoms with Gasteiger partial charge in [0.2, 0.25) is 5.82 Å². The van der Waals surface area contributed by atoms with E-state index in [-0.39, 0.29) is 11.7 Å². The Hall–Kier alpha value is -3.25. The maximum atomic E-state index is 12.9. The number of nitrogens with zero attached hydrogens (tertiary/aromatic N) is 3. The summed E-state index contributed by atoms with van der Waals surface area (Å²) >= 11 is 6.37. The summed E-state index contributed by atoms with van der Waals surface area (Å²) in [7, 11) is 0. The molecule has 2 heterocycles. The van der Waals surface area contributed by atoms with Crippen LogP contribution in [0.1, 0.15) is 32.2 Å². The highest BCUT2D eigenvalue weighted by Gasteiger charge is 2.28. The zero-order valence-corrected chi connectivity index (χ0v) is 15.7. The second kappa shape index (κ2) is 7.40. The van der Waals surface area contributed by atoms with Crippen molar-refractivity contribution in [2.75, 3.05) is 6.54 Å². The third-order valence-electron chi connectivity index (χ3n) is 4.72. The Kier molecular flexibility index (Phi) is 4.79. The van der Waals surface area contributed by atoms with Crippen molar-refractivity contribution in [1.82, 2.24) is 14.9 Å². The minimum Gasteiger partial charge on any atom is -0.363 e. The van der Waals surface area contributed by atoms with Crippen LogP contribution in [0.15, 0.2) is 54.6 Å². The van der Waals surface area contributed by atoms with Gasteiger partial charge in [-0.05, 0) is 18.2 Å². The number of primary amides is 1. The van der Waals surface area contributed by atoms with Crippen LogP contribution >= 0.6 is 11.6 Å². The van der Waals surface area contributed by atoms with E-state index in [9.17, 15) is 9.59 Å². The van der Waals surface area contributed by atoms with E-state index in [1.807, 2.05) is 36.4 Å². The molecule has 0 aliphatic carbocycles. The highest BCUT2D eigenvalue weighted by atomic mass is 35.5. The van der Waals surface area contributed by atoms with E-state index < -0.39 is 5.91 Å². The Labute approximate surface area is 167 Å². The van der Waals surface area contributed by atoms with E-state index in [1.54, 1.807) is 23.1 Å². The van der Waals surface area contributed by atoms with Gasteiger partial charge in [0.05, 0.1) is 11.4 Å². The standard InChI is InChI=1S/C21H17ClN4O2/c22-16-9-5-4-8-14(16)18-15-12-26(21(28)13-6-2-1-3-7-13)11-10-17(15)24-20(25-18)19(23)27/h1-9H,10-12H2,(H2,23,27). The molecule has 6 nitrogen and oxygen atoms in total. The molecule has 140 valence electrons. The first-order chi connectivity index (χ1) is 13.5. The Morgan fingerprint density at radius 2 is 1.71 bits per heavy atom. The molecule has 1 aromatic heterocycles. The minimum atomic E-state index is -0.695. The van der Waals surface area contributed by atoms with Crippen LogP contribution in [-0.2, 0) is 13.0 Å². The van der Waals surface area contributed by atoms with Crippen LogP contribution in [-0.4, -0.2) is 33.2 Å². The summed E-state index contributed by atoms with van der Waals surface area (Å²) in [5.74, 6) is -0.800. The number of rotatable bonds is 3. The van der Waals surface area contributed by atoms with Crippen LogP contribution in [0.2, 0.25) is 5.02 Å². The molecule has 28 heavy (non-hydrogen) atoms. The third-order valence-corrected chi connectivity index (χ3v) is 5.05. The van der Waals surface area contributed by atoms with Crippen LogP contribution in [0.25, 0.3) is 11.3 Å². The maximum Gasteiger partial charge on any atom is 0.286 e. The highest BCUT2D eigenvalue weighted by Crippen LogP contribution is 2.33. The molecule has 0 bridgehead atoms. The molecular formula is C21H17ClN4O2. The average Bonchev–Trinajstić information content (AvgIpc) is 2.73. The highest BCUT2D eigenvalue weighted by molar-refractivity contribution is 6.33. The Morgan fingerprint density at radius 3 is 2.43 bits per heavy atom. The van der Waals surface area contributed by atoms with Gasteiger partial charge >= 0.3 is 0 Å². The van der Waals surface area contributed by atoms with E-state index in [4.69, 9.17) is 17.3 Å². The van der Waals surface area contributed by atoms with Gasteiger partial charge in [-0.1, -0.05) is 48.0 Å². The summed E-state index contributed by atoms with van der Waals surface area (Å²) in [6.07, 6.45) is 0.508. The monoisotopic (exact) mass is 392 g/mol. The number of hydrogen-bond donors (Lipinski definition) is 1. The van der Waals surface area contributed by atoms with Crippen molar-refractivity contribution in [3.63, 3.8) is 0 Å². The fourth-order valence-corrected chi connectivity index (χ4v) is 3.56. The van der Waals surface area contributed by atoms with Gasteiger partial charge in [0.15, 0.2) is 0 Å². The van der Waals surface area contributed by atoms with E-state index in [0.29, 0.717) is 41.4 Å². The largest absolute Gasteiger partial charge is 0.363 e. The molecule has 0 radical (unpaired) electrons. The van der Waals surface area contributed by atoms with Gasteiger partial charge < -0.3 is 10.6 Å².